The van der Waals surface area contributed by atoms with Gasteiger partial charge in [-0.15, -0.1) is 0 Å². The molecule has 1 aliphatic carbocycles. The Morgan fingerprint density at radius 3 is 2.20 bits per heavy atom. The SMILES string of the molecule is CN(C)CCN(C)C(=O)C1(C(N)=S)CC1. The maximum Gasteiger partial charge on any atom is 0.235 e. The third kappa shape index (κ3) is 2.66. The summed E-state index contributed by atoms with van der Waals surface area (Å²) in [5, 5.41) is 0. The van der Waals surface area contributed by atoms with Crippen molar-refractivity contribution in [3.05, 3.63) is 0 Å². The summed E-state index contributed by atoms with van der Waals surface area (Å²) >= 11 is 4.95. The lowest BCUT2D eigenvalue weighted by molar-refractivity contribution is -0.133. The second kappa shape index (κ2) is 4.45. The van der Waals surface area contributed by atoms with Gasteiger partial charge in [0.15, 0.2) is 0 Å². The van der Waals surface area contributed by atoms with Crippen LogP contribution >= 0.6 is 12.2 Å². The van der Waals surface area contributed by atoms with Crippen LogP contribution in [-0.2, 0) is 4.79 Å². The van der Waals surface area contributed by atoms with Crippen LogP contribution in [0.5, 0.6) is 0 Å². The van der Waals surface area contributed by atoms with Gasteiger partial charge in [-0.05, 0) is 26.9 Å². The van der Waals surface area contributed by atoms with E-state index in [4.69, 9.17) is 18.0 Å². The normalized spacial score (nSPS) is 17.6. The molecule has 0 aromatic heterocycles. The highest BCUT2D eigenvalue weighted by atomic mass is 32.1. The van der Waals surface area contributed by atoms with Gasteiger partial charge in [0.05, 0.1) is 10.4 Å². The largest absolute Gasteiger partial charge is 0.392 e. The zero-order valence-corrected chi connectivity index (χ0v) is 10.4. The molecule has 0 aromatic rings. The van der Waals surface area contributed by atoms with Crippen molar-refractivity contribution in [1.82, 2.24) is 9.80 Å². The molecular formula is C10H19N3OS. The van der Waals surface area contributed by atoms with E-state index in [9.17, 15) is 4.79 Å². The smallest absolute Gasteiger partial charge is 0.235 e. The fraction of sp³-hybridized carbons (Fsp3) is 0.800. The molecule has 15 heavy (non-hydrogen) atoms. The molecule has 0 bridgehead atoms. The number of thiocarbonyl (C=S) groups is 1. The molecule has 1 rings (SSSR count). The monoisotopic (exact) mass is 229 g/mol. The molecule has 0 aliphatic heterocycles. The second-order valence-electron chi connectivity index (χ2n) is 4.48. The van der Waals surface area contributed by atoms with Gasteiger partial charge in [0.25, 0.3) is 0 Å². The van der Waals surface area contributed by atoms with Crippen LogP contribution in [0.4, 0.5) is 0 Å². The predicted molar refractivity (Wildman–Crippen MR) is 64.6 cm³/mol. The maximum atomic E-state index is 12.0. The number of rotatable bonds is 5. The van der Waals surface area contributed by atoms with E-state index in [0.717, 1.165) is 25.9 Å². The van der Waals surface area contributed by atoms with E-state index >= 15 is 0 Å². The fourth-order valence-corrected chi connectivity index (χ4v) is 1.80. The zero-order chi connectivity index (χ0) is 11.6. The summed E-state index contributed by atoms with van der Waals surface area (Å²) in [5.74, 6) is 0.0804. The van der Waals surface area contributed by atoms with Gasteiger partial charge in [-0.25, -0.2) is 0 Å². The van der Waals surface area contributed by atoms with E-state index in [0.29, 0.717) is 4.99 Å². The van der Waals surface area contributed by atoms with E-state index in [1.807, 2.05) is 26.0 Å². The average molecular weight is 229 g/mol. The summed E-state index contributed by atoms with van der Waals surface area (Å²) in [6, 6.07) is 0. The lowest BCUT2D eigenvalue weighted by Gasteiger charge is -2.24. The van der Waals surface area contributed by atoms with Crippen LogP contribution in [0.15, 0.2) is 0 Å². The Bertz CT molecular complexity index is 274. The molecule has 1 fully saturated rings. The van der Waals surface area contributed by atoms with Crippen molar-refractivity contribution in [1.29, 1.82) is 0 Å². The van der Waals surface area contributed by atoms with Gasteiger partial charge in [0.1, 0.15) is 0 Å². The number of carbonyl (C=O) groups is 1. The molecule has 0 atom stereocenters. The van der Waals surface area contributed by atoms with E-state index in [2.05, 4.69) is 0 Å². The van der Waals surface area contributed by atoms with Crippen LogP contribution in [-0.4, -0.2) is 54.9 Å². The first-order chi connectivity index (χ1) is 6.90. The number of hydrogen-bond acceptors (Lipinski definition) is 3. The fourth-order valence-electron chi connectivity index (χ4n) is 1.51. The number of likely N-dealkylation sites (N-methyl/N-ethyl adjacent to an activating group) is 2. The predicted octanol–water partition coefficient (Wildman–Crippen LogP) is 0.0727. The van der Waals surface area contributed by atoms with Gasteiger partial charge in [0, 0.05) is 20.1 Å². The van der Waals surface area contributed by atoms with E-state index < -0.39 is 5.41 Å². The number of amides is 1. The molecule has 1 amide bonds. The molecule has 86 valence electrons. The van der Waals surface area contributed by atoms with Crippen LogP contribution in [0.1, 0.15) is 12.8 Å². The maximum absolute atomic E-state index is 12.0. The number of nitrogens with two attached hydrogens (primary N) is 1. The number of hydrogen-bond donors (Lipinski definition) is 1. The highest BCUT2D eigenvalue weighted by Crippen LogP contribution is 2.47. The average Bonchev–Trinajstić information content (AvgIpc) is 2.93. The van der Waals surface area contributed by atoms with Crippen molar-refractivity contribution in [3.8, 4) is 0 Å². The second-order valence-corrected chi connectivity index (χ2v) is 4.92. The van der Waals surface area contributed by atoms with Crippen LogP contribution in [0.2, 0.25) is 0 Å². The minimum absolute atomic E-state index is 0.0804. The van der Waals surface area contributed by atoms with Crippen LogP contribution in [0.3, 0.4) is 0 Å². The first-order valence-corrected chi connectivity index (χ1v) is 5.51. The third-order valence-corrected chi connectivity index (χ3v) is 3.25. The molecule has 0 unspecified atom stereocenters. The Hall–Kier alpha value is -0.680. The van der Waals surface area contributed by atoms with Crippen LogP contribution in [0.25, 0.3) is 0 Å². The molecule has 0 radical (unpaired) electrons. The molecule has 0 saturated heterocycles. The summed E-state index contributed by atoms with van der Waals surface area (Å²) in [7, 11) is 5.78. The number of nitrogens with zero attached hydrogens (tertiary/aromatic N) is 2. The first-order valence-electron chi connectivity index (χ1n) is 5.10. The highest BCUT2D eigenvalue weighted by molar-refractivity contribution is 7.80. The Labute approximate surface area is 96.4 Å². The minimum Gasteiger partial charge on any atom is -0.392 e. The van der Waals surface area contributed by atoms with Gasteiger partial charge < -0.3 is 15.5 Å². The van der Waals surface area contributed by atoms with E-state index in [-0.39, 0.29) is 5.91 Å². The lowest BCUT2D eigenvalue weighted by atomic mass is 10.1. The molecule has 1 saturated carbocycles. The summed E-state index contributed by atoms with van der Waals surface area (Å²) in [6.07, 6.45) is 1.63. The van der Waals surface area contributed by atoms with E-state index in [1.54, 1.807) is 4.90 Å². The van der Waals surface area contributed by atoms with Gasteiger partial charge >= 0.3 is 0 Å². The van der Waals surface area contributed by atoms with Gasteiger partial charge in [-0.3, -0.25) is 4.79 Å². The summed E-state index contributed by atoms with van der Waals surface area (Å²) < 4.78 is 0. The van der Waals surface area contributed by atoms with Gasteiger partial charge in [-0.1, -0.05) is 12.2 Å². The molecular weight excluding hydrogens is 210 g/mol. The van der Waals surface area contributed by atoms with Crippen molar-refractivity contribution in [3.63, 3.8) is 0 Å². The van der Waals surface area contributed by atoms with Crippen LogP contribution < -0.4 is 5.73 Å². The van der Waals surface area contributed by atoms with E-state index in [1.165, 1.54) is 0 Å². The molecule has 0 spiro atoms. The van der Waals surface area contributed by atoms with Gasteiger partial charge in [-0.2, -0.15) is 0 Å². The van der Waals surface area contributed by atoms with Crippen molar-refractivity contribution in [2.45, 2.75) is 12.8 Å². The summed E-state index contributed by atoms with van der Waals surface area (Å²) in [6.45, 7) is 1.58. The Morgan fingerprint density at radius 2 is 1.87 bits per heavy atom. The molecule has 1 aliphatic rings. The Kier molecular flexibility index (Phi) is 3.67. The van der Waals surface area contributed by atoms with Crippen molar-refractivity contribution >= 4 is 23.1 Å². The molecule has 5 heteroatoms. The summed E-state index contributed by atoms with van der Waals surface area (Å²) in [4.78, 5) is 16.1. The third-order valence-electron chi connectivity index (χ3n) is 2.86. The van der Waals surface area contributed by atoms with Crippen molar-refractivity contribution < 1.29 is 4.79 Å². The quantitative estimate of drug-likeness (QED) is 0.678. The standard InChI is InChI=1S/C10H19N3OS/c1-12(2)6-7-13(3)9(14)10(4-5-10)8(11)15/h4-7H2,1-3H3,(H2,11,15). The molecule has 0 aromatic carbocycles. The first kappa shape index (κ1) is 12.4. The minimum atomic E-state index is -0.504. The topological polar surface area (TPSA) is 49.6 Å². The zero-order valence-electron chi connectivity index (χ0n) is 9.62. The van der Waals surface area contributed by atoms with Gasteiger partial charge in [0.2, 0.25) is 5.91 Å². The number of carbonyl (C=O) groups excluding carboxylic acids is 1. The molecule has 0 heterocycles. The Balaban J connectivity index is 2.50. The molecule has 4 nitrogen and oxygen atoms in total. The Morgan fingerprint density at radius 1 is 1.33 bits per heavy atom. The van der Waals surface area contributed by atoms with Crippen molar-refractivity contribution in [2.75, 3.05) is 34.2 Å². The van der Waals surface area contributed by atoms with Crippen LogP contribution in [0, 0.1) is 5.41 Å². The molecule has 2 N–H and O–H groups in total. The highest BCUT2D eigenvalue weighted by Gasteiger charge is 2.53. The lowest BCUT2D eigenvalue weighted by Crippen LogP contribution is -2.43. The summed E-state index contributed by atoms with van der Waals surface area (Å²) in [5.41, 5.74) is 5.10. The van der Waals surface area contributed by atoms with Crippen molar-refractivity contribution in [2.24, 2.45) is 11.1 Å².